The number of nitriles is 1. The number of rotatable bonds is 0. The Balaban J connectivity index is 2.77. The SMILES string of the molecule is N#CC1=C[CH+]C(=[N-])C=C1. The zero-order chi connectivity index (χ0) is 6.69. The largest absolute Gasteiger partial charge is 0.779 e. The highest BCUT2D eigenvalue weighted by atomic mass is 14.4. The molecular formula is C7H4N2. The van der Waals surface area contributed by atoms with Crippen molar-refractivity contribution in [2.24, 2.45) is 0 Å². The van der Waals surface area contributed by atoms with Gasteiger partial charge in [-0.05, 0) is 5.71 Å². The van der Waals surface area contributed by atoms with E-state index in [1.54, 1.807) is 12.2 Å². The van der Waals surface area contributed by atoms with E-state index in [2.05, 4.69) is 0 Å². The molecular weight excluding hydrogens is 112 g/mol. The smallest absolute Gasteiger partial charge is 0.169 e. The second-order valence-corrected chi connectivity index (χ2v) is 1.66. The van der Waals surface area contributed by atoms with Gasteiger partial charge in [-0.1, -0.05) is 0 Å². The lowest BCUT2D eigenvalue weighted by molar-refractivity contribution is 1.49. The van der Waals surface area contributed by atoms with Crippen molar-refractivity contribution in [1.82, 2.24) is 0 Å². The van der Waals surface area contributed by atoms with Crippen molar-refractivity contribution in [1.29, 1.82) is 5.26 Å². The minimum atomic E-state index is 0.189. The fourth-order valence-electron chi connectivity index (χ4n) is 0.536. The van der Waals surface area contributed by atoms with E-state index in [1.165, 1.54) is 12.5 Å². The molecule has 1 aliphatic carbocycles. The third kappa shape index (κ3) is 1.20. The van der Waals surface area contributed by atoms with E-state index in [-0.39, 0.29) is 5.71 Å². The summed E-state index contributed by atoms with van der Waals surface area (Å²) >= 11 is 0. The maximum absolute atomic E-state index is 8.74. The third-order valence-electron chi connectivity index (χ3n) is 0.996. The lowest BCUT2D eigenvalue weighted by Gasteiger charge is -1.96. The van der Waals surface area contributed by atoms with Gasteiger partial charge in [-0.25, -0.2) is 0 Å². The molecule has 0 aromatic rings. The first-order valence-electron chi connectivity index (χ1n) is 2.52. The van der Waals surface area contributed by atoms with Crippen molar-refractivity contribution in [2.45, 2.75) is 0 Å². The molecule has 0 N–H and O–H groups in total. The summed E-state index contributed by atoms with van der Waals surface area (Å²) in [5.41, 5.74) is 0.752. The molecule has 0 aromatic heterocycles. The highest BCUT2D eigenvalue weighted by molar-refractivity contribution is 6.07. The van der Waals surface area contributed by atoms with Crippen LogP contribution in [-0.2, 0) is 0 Å². The lowest BCUT2D eigenvalue weighted by atomic mass is 10.1. The lowest BCUT2D eigenvalue weighted by Crippen LogP contribution is -1.93. The number of nitrogens with zero attached hydrogens (tertiary/aromatic N) is 2. The Labute approximate surface area is 53.6 Å². The minimum absolute atomic E-state index is 0.189. The van der Waals surface area contributed by atoms with Gasteiger partial charge in [0.15, 0.2) is 11.6 Å². The van der Waals surface area contributed by atoms with Gasteiger partial charge >= 0.3 is 0 Å². The minimum Gasteiger partial charge on any atom is -0.779 e. The fraction of sp³-hybridized carbons (Fsp3) is 0. The van der Waals surface area contributed by atoms with Gasteiger partial charge < -0.3 is 5.41 Å². The molecule has 1 rings (SSSR count). The molecule has 0 saturated heterocycles. The molecule has 0 aliphatic heterocycles. The van der Waals surface area contributed by atoms with Crippen LogP contribution in [0.2, 0.25) is 0 Å². The molecule has 2 heteroatoms. The van der Waals surface area contributed by atoms with Gasteiger partial charge in [0.2, 0.25) is 0 Å². The Morgan fingerprint density at radius 1 is 1.56 bits per heavy atom. The predicted molar refractivity (Wildman–Crippen MR) is 35.5 cm³/mol. The molecule has 0 radical (unpaired) electrons. The summed E-state index contributed by atoms with van der Waals surface area (Å²) in [4.78, 5) is 0. The summed E-state index contributed by atoms with van der Waals surface area (Å²) in [6.45, 7) is 0. The Bertz CT molecular complexity index is 228. The topological polar surface area (TPSA) is 46.1 Å². The van der Waals surface area contributed by atoms with Crippen LogP contribution in [0.3, 0.4) is 0 Å². The van der Waals surface area contributed by atoms with Crippen LogP contribution in [-0.4, -0.2) is 5.71 Å². The van der Waals surface area contributed by atoms with Crippen LogP contribution in [0.4, 0.5) is 0 Å². The van der Waals surface area contributed by atoms with Gasteiger partial charge in [-0.15, -0.1) is 0 Å². The first-order chi connectivity index (χ1) is 4.33. The molecule has 2 nitrogen and oxygen atoms in total. The van der Waals surface area contributed by atoms with E-state index in [9.17, 15) is 0 Å². The Morgan fingerprint density at radius 3 is 2.78 bits per heavy atom. The first kappa shape index (κ1) is 5.64. The molecule has 0 aromatic carbocycles. The van der Waals surface area contributed by atoms with Crippen molar-refractivity contribution in [2.75, 3.05) is 0 Å². The normalized spacial score (nSPS) is 15.9. The standard InChI is InChI=1S/C7H4N2/c8-5-6-1-3-7(9)4-2-6/h1-4H. The summed E-state index contributed by atoms with van der Waals surface area (Å²) in [7, 11) is 0. The molecule has 0 bridgehead atoms. The van der Waals surface area contributed by atoms with Gasteiger partial charge in [0.25, 0.3) is 0 Å². The van der Waals surface area contributed by atoms with E-state index in [1.807, 2.05) is 6.07 Å². The van der Waals surface area contributed by atoms with Crippen LogP contribution in [0, 0.1) is 17.8 Å². The van der Waals surface area contributed by atoms with Gasteiger partial charge in [0.05, 0.1) is 12.2 Å². The first-order valence-corrected chi connectivity index (χ1v) is 2.52. The summed E-state index contributed by atoms with van der Waals surface area (Å²) in [5, 5.41) is 17.0. The zero-order valence-electron chi connectivity index (χ0n) is 4.70. The fourth-order valence-corrected chi connectivity index (χ4v) is 0.536. The van der Waals surface area contributed by atoms with Crippen molar-refractivity contribution >= 4 is 5.71 Å². The quantitative estimate of drug-likeness (QED) is 0.439. The van der Waals surface area contributed by atoms with Gasteiger partial charge in [0.1, 0.15) is 0 Å². The summed E-state index contributed by atoms with van der Waals surface area (Å²) in [5.74, 6) is 0. The average molecular weight is 116 g/mol. The van der Waals surface area contributed by atoms with Crippen molar-refractivity contribution < 1.29 is 0 Å². The third-order valence-corrected chi connectivity index (χ3v) is 0.996. The summed E-state index contributed by atoms with van der Waals surface area (Å²) in [6.07, 6.45) is 6.10. The highest BCUT2D eigenvalue weighted by Crippen LogP contribution is 2.04. The van der Waals surface area contributed by atoms with E-state index in [0.29, 0.717) is 5.57 Å². The van der Waals surface area contributed by atoms with Gasteiger partial charge in [-0.2, -0.15) is 5.26 Å². The van der Waals surface area contributed by atoms with Crippen molar-refractivity contribution in [3.8, 4) is 6.07 Å². The molecule has 0 saturated carbocycles. The second kappa shape index (κ2) is 2.19. The zero-order valence-corrected chi connectivity index (χ0v) is 4.70. The monoisotopic (exact) mass is 116 g/mol. The summed E-state index contributed by atoms with van der Waals surface area (Å²) < 4.78 is 0. The van der Waals surface area contributed by atoms with Crippen LogP contribution in [0.1, 0.15) is 0 Å². The van der Waals surface area contributed by atoms with E-state index < -0.39 is 0 Å². The van der Waals surface area contributed by atoms with Crippen molar-refractivity contribution in [3.05, 3.63) is 35.6 Å². The molecule has 0 unspecified atom stereocenters. The number of hydrogen-bond donors (Lipinski definition) is 0. The average Bonchev–Trinajstić information content (AvgIpc) is 1.90. The molecule has 0 fully saturated rings. The van der Waals surface area contributed by atoms with Crippen LogP contribution in [0.5, 0.6) is 0 Å². The molecule has 0 atom stereocenters. The van der Waals surface area contributed by atoms with E-state index >= 15 is 0 Å². The molecule has 0 spiro atoms. The van der Waals surface area contributed by atoms with Crippen LogP contribution < -0.4 is 0 Å². The number of hydrogen-bond acceptors (Lipinski definition) is 1. The summed E-state index contributed by atoms with van der Waals surface area (Å²) in [6, 6.07) is 1.94. The Kier molecular flexibility index (Phi) is 1.37. The van der Waals surface area contributed by atoms with Crippen LogP contribution >= 0.6 is 0 Å². The molecule has 0 amide bonds. The molecule has 9 heavy (non-hydrogen) atoms. The highest BCUT2D eigenvalue weighted by Gasteiger charge is 2.02. The van der Waals surface area contributed by atoms with Crippen molar-refractivity contribution in [3.63, 3.8) is 0 Å². The van der Waals surface area contributed by atoms with Crippen LogP contribution in [0.15, 0.2) is 23.8 Å². The van der Waals surface area contributed by atoms with Gasteiger partial charge in [0, 0.05) is 12.5 Å². The van der Waals surface area contributed by atoms with E-state index in [0.717, 1.165) is 0 Å². The molecule has 42 valence electrons. The molecule has 0 heterocycles. The molecule has 1 aliphatic rings. The predicted octanol–water partition coefficient (Wildman–Crippen LogP) is 1.22. The number of allylic oxidation sites excluding steroid dienone is 4. The Hall–Kier alpha value is -1.49. The van der Waals surface area contributed by atoms with Gasteiger partial charge in [-0.3, -0.25) is 0 Å². The Morgan fingerprint density at radius 2 is 2.33 bits per heavy atom. The maximum atomic E-state index is 8.74. The van der Waals surface area contributed by atoms with E-state index in [4.69, 9.17) is 10.7 Å². The maximum Gasteiger partial charge on any atom is 0.169 e. The van der Waals surface area contributed by atoms with Crippen LogP contribution in [0.25, 0.3) is 5.41 Å². The second-order valence-electron chi connectivity index (χ2n) is 1.66.